The van der Waals surface area contributed by atoms with Gasteiger partial charge in [-0.3, -0.25) is 19.8 Å². The Morgan fingerprint density at radius 1 is 1.21 bits per heavy atom. The summed E-state index contributed by atoms with van der Waals surface area (Å²) in [4.78, 5) is 30.0. The molecule has 1 atom stereocenters. The van der Waals surface area contributed by atoms with E-state index in [-0.39, 0.29) is 16.2 Å². The van der Waals surface area contributed by atoms with Gasteiger partial charge in [-0.15, -0.1) is 0 Å². The number of nitrogens with zero attached hydrogens (tertiary/aromatic N) is 2. The van der Waals surface area contributed by atoms with E-state index in [9.17, 15) is 9.59 Å². The molecule has 34 heavy (non-hydrogen) atoms. The zero-order chi connectivity index (χ0) is 24.8. The molecular weight excluding hydrogens is 466 g/mol. The van der Waals surface area contributed by atoms with Gasteiger partial charge in [0.2, 0.25) is 0 Å². The lowest BCUT2D eigenvalue weighted by Crippen LogP contribution is -2.54. The van der Waals surface area contributed by atoms with E-state index in [1.165, 1.54) is 10.5 Å². The highest BCUT2D eigenvalue weighted by Crippen LogP contribution is 2.45. The molecule has 2 aliphatic heterocycles. The molecule has 2 amide bonds. The van der Waals surface area contributed by atoms with Crippen LogP contribution in [0.15, 0.2) is 42.0 Å². The number of amides is 2. The summed E-state index contributed by atoms with van der Waals surface area (Å²) < 4.78 is 0. The van der Waals surface area contributed by atoms with E-state index in [4.69, 9.17) is 23.8 Å². The van der Waals surface area contributed by atoms with Crippen LogP contribution in [0.4, 0.5) is 11.4 Å². The van der Waals surface area contributed by atoms with Crippen LogP contribution in [0.25, 0.3) is 6.08 Å². The summed E-state index contributed by atoms with van der Waals surface area (Å²) in [7, 11) is 0. The van der Waals surface area contributed by atoms with Gasteiger partial charge in [0.05, 0.1) is 5.69 Å². The van der Waals surface area contributed by atoms with Crippen molar-refractivity contribution >= 4 is 58.2 Å². The van der Waals surface area contributed by atoms with Crippen LogP contribution in [0.3, 0.4) is 0 Å². The molecule has 1 saturated heterocycles. The predicted molar refractivity (Wildman–Crippen MR) is 144 cm³/mol. The molecular formula is C27H30ClN3O2S. The minimum Gasteiger partial charge on any atom is -0.366 e. The molecule has 1 unspecified atom stereocenters. The molecule has 178 valence electrons. The number of fused-ring (bicyclic) bond motifs is 1. The molecule has 2 aromatic carbocycles. The quantitative estimate of drug-likeness (QED) is 0.322. The summed E-state index contributed by atoms with van der Waals surface area (Å²) in [6.07, 6.45) is 3.63. The van der Waals surface area contributed by atoms with E-state index < -0.39 is 11.8 Å². The molecule has 5 nitrogen and oxygen atoms in total. The number of halogens is 1. The lowest BCUT2D eigenvalue weighted by molar-refractivity contribution is -0.122. The molecule has 0 aromatic heterocycles. The Bertz CT molecular complexity index is 1220. The van der Waals surface area contributed by atoms with Gasteiger partial charge in [-0.05, 0) is 92.7 Å². The lowest BCUT2D eigenvalue weighted by Gasteiger charge is -2.47. The fourth-order valence-corrected chi connectivity index (χ4v) is 5.61. The highest BCUT2D eigenvalue weighted by Gasteiger charge is 2.38. The molecule has 2 aliphatic rings. The van der Waals surface area contributed by atoms with E-state index in [1.54, 1.807) is 6.08 Å². The zero-order valence-corrected chi connectivity index (χ0v) is 21.8. The monoisotopic (exact) mass is 495 g/mol. The van der Waals surface area contributed by atoms with Crippen molar-refractivity contribution in [3.8, 4) is 0 Å². The maximum atomic E-state index is 13.4. The minimum absolute atomic E-state index is 0.00732. The Morgan fingerprint density at radius 2 is 1.91 bits per heavy atom. The fourth-order valence-electron chi connectivity index (χ4n) is 5.12. The first-order valence-electron chi connectivity index (χ1n) is 11.6. The van der Waals surface area contributed by atoms with Crippen LogP contribution in [-0.4, -0.2) is 29.0 Å². The Morgan fingerprint density at radius 3 is 2.59 bits per heavy atom. The number of thiocarbonyl (C=S) groups is 1. The summed E-state index contributed by atoms with van der Waals surface area (Å²) in [5.74, 6) is -0.659. The molecule has 1 fully saturated rings. The molecule has 7 heteroatoms. The van der Waals surface area contributed by atoms with Crippen molar-refractivity contribution < 1.29 is 9.59 Å². The number of carbonyl (C=O) groups excluding carboxylic acids is 2. The number of hydrogen-bond acceptors (Lipinski definition) is 4. The molecule has 2 heterocycles. The van der Waals surface area contributed by atoms with Crippen molar-refractivity contribution in [1.29, 1.82) is 0 Å². The zero-order valence-electron chi connectivity index (χ0n) is 20.2. The molecule has 0 radical (unpaired) electrons. The number of para-hydroxylation sites is 1. The smallest absolute Gasteiger partial charge is 0.270 e. The topological polar surface area (TPSA) is 52.7 Å². The average Bonchev–Trinajstić information content (AvgIpc) is 2.75. The first kappa shape index (κ1) is 24.4. The number of nitrogens with one attached hydrogen (secondary N) is 1. The summed E-state index contributed by atoms with van der Waals surface area (Å²) in [6.45, 7) is 11.8. The van der Waals surface area contributed by atoms with E-state index >= 15 is 0 Å². The van der Waals surface area contributed by atoms with Crippen molar-refractivity contribution in [1.82, 2.24) is 5.32 Å². The van der Waals surface area contributed by atoms with Gasteiger partial charge in [-0.2, -0.15) is 0 Å². The van der Waals surface area contributed by atoms with Crippen LogP contribution in [0.1, 0.15) is 63.1 Å². The van der Waals surface area contributed by atoms with Gasteiger partial charge in [0.25, 0.3) is 11.8 Å². The van der Waals surface area contributed by atoms with Crippen LogP contribution >= 0.6 is 23.8 Å². The normalized spacial score (nSPS) is 21.1. The summed E-state index contributed by atoms with van der Waals surface area (Å²) in [5, 5.41) is 3.24. The molecule has 2 aromatic rings. The number of carbonyl (C=O) groups is 2. The third-order valence-corrected chi connectivity index (χ3v) is 7.32. The summed E-state index contributed by atoms with van der Waals surface area (Å²) in [5.41, 5.74) is 4.51. The first-order chi connectivity index (χ1) is 16.0. The van der Waals surface area contributed by atoms with Gasteiger partial charge in [-0.1, -0.05) is 43.6 Å². The Balaban J connectivity index is 1.79. The van der Waals surface area contributed by atoms with Crippen LogP contribution in [0.5, 0.6) is 0 Å². The molecule has 4 rings (SSSR count). The largest absolute Gasteiger partial charge is 0.366 e. The fraction of sp³-hybridized carbons (Fsp3) is 0.370. The van der Waals surface area contributed by atoms with Crippen LogP contribution in [0, 0.1) is 6.92 Å². The van der Waals surface area contributed by atoms with Crippen LogP contribution in [-0.2, 0) is 9.59 Å². The number of hydrogen-bond donors (Lipinski definition) is 1. The van der Waals surface area contributed by atoms with Gasteiger partial charge in [0, 0.05) is 22.8 Å². The molecule has 1 N–H and O–H groups in total. The SMILES string of the molecule is CCCN1c2cc(Cl)c(/C=C3/C(=O)NC(=S)N(c4ccccc4C)C3=O)cc2C(C)CC1(C)C. The highest BCUT2D eigenvalue weighted by atomic mass is 35.5. The van der Waals surface area contributed by atoms with Crippen molar-refractivity contribution in [2.45, 2.75) is 58.9 Å². The maximum absolute atomic E-state index is 13.4. The van der Waals surface area contributed by atoms with Gasteiger partial charge in [0.15, 0.2) is 5.11 Å². The summed E-state index contributed by atoms with van der Waals surface area (Å²) in [6, 6.07) is 11.4. The van der Waals surface area contributed by atoms with Crippen LogP contribution < -0.4 is 15.1 Å². The molecule has 0 saturated carbocycles. The van der Waals surface area contributed by atoms with E-state index in [1.807, 2.05) is 43.3 Å². The second-order valence-corrected chi connectivity index (χ2v) is 10.5. The van der Waals surface area contributed by atoms with Gasteiger partial charge in [-0.25, -0.2) is 0 Å². The van der Waals surface area contributed by atoms with Crippen molar-refractivity contribution in [2.24, 2.45) is 0 Å². The van der Waals surface area contributed by atoms with E-state index in [2.05, 4.69) is 37.9 Å². The number of anilines is 2. The molecule has 0 aliphatic carbocycles. The Labute approximate surface area is 211 Å². The van der Waals surface area contributed by atoms with E-state index in [0.29, 0.717) is 22.2 Å². The van der Waals surface area contributed by atoms with E-state index in [0.717, 1.165) is 30.6 Å². The third kappa shape index (κ3) is 4.25. The Hall–Kier alpha value is -2.70. The minimum atomic E-state index is -0.518. The average molecular weight is 496 g/mol. The standard InChI is InChI=1S/C27H30ClN3O2S/c1-6-11-30-23-14-21(28)18(12-19(23)17(3)15-27(30,4)5)13-20-24(32)29-26(34)31(25(20)33)22-10-8-7-9-16(22)2/h7-10,12-14,17H,6,11,15H2,1-5H3,(H,29,32,34)/b20-13-. The number of rotatable bonds is 4. The Kier molecular flexibility index (Phi) is 6.58. The van der Waals surface area contributed by atoms with Gasteiger partial charge < -0.3 is 4.90 Å². The number of benzene rings is 2. The van der Waals surface area contributed by atoms with Gasteiger partial charge >= 0.3 is 0 Å². The second-order valence-electron chi connectivity index (χ2n) is 9.75. The first-order valence-corrected chi connectivity index (χ1v) is 12.4. The molecule has 0 bridgehead atoms. The third-order valence-electron chi connectivity index (χ3n) is 6.71. The second kappa shape index (κ2) is 9.16. The lowest BCUT2D eigenvalue weighted by atomic mass is 9.79. The summed E-state index contributed by atoms with van der Waals surface area (Å²) >= 11 is 12.1. The highest BCUT2D eigenvalue weighted by molar-refractivity contribution is 7.80. The van der Waals surface area contributed by atoms with Crippen molar-refractivity contribution in [3.05, 3.63) is 63.7 Å². The maximum Gasteiger partial charge on any atom is 0.270 e. The molecule has 0 spiro atoms. The van der Waals surface area contributed by atoms with Gasteiger partial charge in [0.1, 0.15) is 5.57 Å². The van der Waals surface area contributed by atoms with Crippen LogP contribution in [0.2, 0.25) is 5.02 Å². The predicted octanol–water partition coefficient (Wildman–Crippen LogP) is 5.98. The number of aryl methyl sites for hydroxylation is 1. The van der Waals surface area contributed by atoms with Crippen molar-refractivity contribution in [3.63, 3.8) is 0 Å². The van der Waals surface area contributed by atoms with Crippen molar-refractivity contribution in [2.75, 3.05) is 16.3 Å².